The Balaban J connectivity index is 2.26. The van der Waals surface area contributed by atoms with Gasteiger partial charge in [-0.05, 0) is 25.2 Å². The number of anilines is 2. The van der Waals surface area contributed by atoms with Crippen LogP contribution in [0.2, 0.25) is 0 Å². The van der Waals surface area contributed by atoms with Crippen molar-refractivity contribution in [1.29, 1.82) is 0 Å². The number of likely N-dealkylation sites (tertiary alicyclic amines) is 1. The number of nitrogens with two attached hydrogens (primary N) is 1. The molecule has 2 heterocycles. The first-order valence-electron chi connectivity index (χ1n) is 7.05. The lowest BCUT2D eigenvalue weighted by Gasteiger charge is -2.40. The highest BCUT2D eigenvalue weighted by atomic mass is 32.1. The van der Waals surface area contributed by atoms with Crippen LogP contribution in [0.3, 0.4) is 0 Å². The number of carbonyl (C=O) groups excluding carboxylic acids is 1. The van der Waals surface area contributed by atoms with Crippen molar-refractivity contribution < 1.29 is 4.79 Å². The molecule has 0 spiro atoms. The topological polar surface area (TPSA) is 62.5 Å². The van der Waals surface area contributed by atoms with Gasteiger partial charge in [0.25, 0.3) is 5.91 Å². The zero-order chi connectivity index (χ0) is 15.0. The Morgan fingerprint density at radius 1 is 1.40 bits per heavy atom. The van der Waals surface area contributed by atoms with Gasteiger partial charge in [-0.15, -0.1) is 0 Å². The summed E-state index contributed by atoms with van der Waals surface area (Å²) in [5.74, 6) is 1.43. The fourth-order valence-corrected chi connectivity index (χ4v) is 3.64. The van der Waals surface area contributed by atoms with Crippen molar-refractivity contribution in [2.45, 2.75) is 33.2 Å². The quantitative estimate of drug-likeness (QED) is 0.909. The van der Waals surface area contributed by atoms with Gasteiger partial charge in [0.1, 0.15) is 10.7 Å². The summed E-state index contributed by atoms with van der Waals surface area (Å²) < 4.78 is 0. The number of amides is 1. The minimum atomic E-state index is 0.0269. The van der Waals surface area contributed by atoms with E-state index >= 15 is 0 Å². The number of hydrogen-bond donors (Lipinski definition) is 1. The summed E-state index contributed by atoms with van der Waals surface area (Å²) >= 11 is 1.37. The predicted octanol–water partition coefficient (Wildman–Crippen LogP) is 2.30. The van der Waals surface area contributed by atoms with Crippen molar-refractivity contribution in [2.24, 2.45) is 11.8 Å². The SMILES string of the molecule is CC1CC(C)C(C)N(C(=O)c2sc(N(C)C)nc2N)C1. The summed E-state index contributed by atoms with van der Waals surface area (Å²) in [6.07, 6.45) is 1.17. The fraction of sp³-hybridized carbons (Fsp3) is 0.714. The Bertz CT molecular complexity index is 499. The molecular weight excluding hydrogens is 272 g/mol. The van der Waals surface area contributed by atoms with Crippen molar-refractivity contribution in [2.75, 3.05) is 31.3 Å². The maximum atomic E-state index is 12.8. The lowest BCUT2D eigenvalue weighted by atomic mass is 9.86. The smallest absolute Gasteiger partial charge is 0.268 e. The molecule has 2 rings (SSSR count). The highest BCUT2D eigenvalue weighted by Gasteiger charge is 2.34. The normalized spacial score (nSPS) is 26.6. The number of nitrogens with zero attached hydrogens (tertiary/aromatic N) is 3. The van der Waals surface area contributed by atoms with Gasteiger partial charge in [0, 0.05) is 26.7 Å². The van der Waals surface area contributed by atoms with Crippen molar-refractivity contribution in [3.05, 3.63) is 4.88 Å². The van der Waals surface area contributed by atoms with Crippen LogP contribution in [0.15, 0.2) is 0 Å². The Morgan fingerprint density at radius 3 is 2.60 bits per heavy atom. The molecular formula is C14H24N4OS. The number of piperidine rings is 1. The minimum Gasteiger partial charge on any atom is -0.382 e. The zero-order valence-electron chi connectivity index (χ0n) is 12.9. The van der Waals surface area contributed by atoms with Gasteiger partial charge >= 0.3 is 0 Å². The van der Waals surface area contributed by atoms with E-state index in [2.05, 4.69) is 25.8 Å². The third kappa shape index (κ3) is 2.75. The molecule has 112 valence electrons. The van der Waals surface area contributed by atoms with Crippen LogP contribution in [0.1, 0.15) is 36.9 Å². The largest absolute Gasteiger partial charge is 0.382 e. The first-order chi connectivity index (χ1) is 9.31. The van der Waals surface area contributed by atoms with Crippen LogP contribution in [-0.2, 0) is 0 Å². The van der Waals surface area contributed by atoms with E-state index in [-0.39, 0.29) is 11.9 Å². The summed E-state index contributed by atoms with van der Waals surface area (Å²) in [5.41, 5.74) is 5.93. The van der Waals surface area contributed by atoms with E-state index in [4.69, 9.17) is 5.73 Å². The maximum absolute atomic E-state index is 12.8. The van der Waals surface area contributed by atoms with Gasteiger partial charge in [-0.2, -0.15) is 0 Å². The summed E-state index contributed by atoms with van der Waals surface area (Å²) in [7, 11) is 3.81. The van der Waals surface area contributed by atoms with Crippen LogP contribution in [0, 0.1) is 11.8 Å². The van der Waals surface area contributed by atoms with Crippen molar-refractivity contribution in [3.8, 4) is 0 Å². The Morgan fingerprint density at radius 2 is 2.05 bits per heavy atom. The molecule has 5 nitrogen and oxygen atoms in total. The van der Waals surface area contributed by atoms with Gasteiger partial charge in [-0.3, -0.25) is 4.79 Å². The van der Waals surface area contributed by atoms with E-state index in [1.54, 1.807) is 0 Å². The monoisotopic (exact) mass is 296 g/mol. The number of carbonyl (C=O) groups is 1. The first-order valence-corrected chi connectivity index (χ1v) is 7.87. The van der Waals surface area contributed by atoms with Gasteiger partial charge in [-0.1, -0.05) is 25.2 Å². The van der Waals surface area contributed by atoms with E-state index < -0.39 is 0 Å². The highest BCUT2D eigenvalue weighted by Crippen LogP contribution is 2.32. The first kappa shape index (κ1) is 15.1. The van der Waals surface area contributed by atoms with Gasteiger partial charge in [-0.25, -0.2) is 4.98 Å². The number of nitrogen functional groups attached to an aromatic ring is 1. The van der Waals surface area contributed by atoms with E-state index in [1.807, 2.05) is 23.9 Å². The van der Waals surface area contributed by atoms with Crippen molar-refractivity contribution in [3.63, 3.8) is 0 Å². The summed E-state index contributed by atoms with van der Waals surface area (Å²) in [6, 6.07) is 0.253. The van der Waals surface area contributed by atoms with Gasteiger partial charge in [0.2, 0.25) is 0 Å². The average Bonchev–Trinajstić information content (AvgIpc) is 2.75. The molecule has 0 bridgehead atoms. The average molecular weight is 296 g/mol. The summed E-state index contributed by atoms with van der Waals surface area (Å²) in [5, 5.41) is 0.775. The number of hydrogen-bond acceptors (Lipinski definition) is 5. The zero-order valence-corrected chi connectivity index (χ0v) is 13.7. The molecule has 1 aliphatic heterocycles. The van der Waals surface area contributed by atoms with Crippen LogP contribution in [0.5, 0.6) is 0 Å². The van der Waals surface area contributed by atoms with Crippen LogP contribution in [-0.4, -0.2) is 42.5 Å². The van der Waals surface area contributed by atoms with Gasteiger partial charge in [0.05, 0.1) is 0 Å². The molecule has 20 heavy (non-hydrogen) atoms. The molecule has 1 aromatic heterocycles. The number of aromatic nitrogens is 1. The molecule has 3 unspecified atom stereocenters. The van der Waals surface area contributed by atoms with Crippen LogP contribution < -0.4 is 10.6 Å². The maximum Gasteiger partial charge on any atom is 0.268 e. The van der Waals surface area contributed by atoms with Crippen LogP contribution >= 0.6 is 11.3 Å². The minimum absolute atomic E-state index is 0.0269. The molecule has 0 aromatic carbocycles. The van der Waals surface area contributed by atoms with Crippen molar-refractivity contribution in [1.82, 2.24) is 9.88 Å². The molecule has 3 atom stereocenters. The number of rotatable bonds is 2. The molecule has 1 amide bonds. The molecule has 1 saturated heterocycles. The summed E-state index contributed by atoms with van der Waals surface area (Å²) in [4.78, 5) is 21.4. The molecule has 1 aliphatic rings. The van der Waals surface area contributed by atoms with E-state index in [9.17, 15) is 4.79 Å². The van der Waals surface area contributed by atoms with Crippen LogP contribution in [0.25, 0.3) is 0 Å². The van der Waals surface area contributed by atoms with E-state index in [1.165, 1.54) is 17.8 Å². The second-order valence-electron chi connectivity index (χ2n) is 6.12. The Hall–Kier alpha value is -1.30. The molecule has 0 saturated carbocycles. The van der Waals surface area contributed by atoms with Crippen LogP contribution in [0.4, 0.5) is 10.9 Å². The third-order valence-electron chi connectivity index (χ3n) is 4.08. The van der Waals surface area contributed by atoms with E-state index in [0.29, 0.717) is 22.5 Å². The standard InChI is InChI=1S/C14H24N4OS/c1-8-6-9(2)10(3)18(7-8)13(19)11-12(15)16-14(20-11)17(4)5/h8-10H,6-7,15H2,1-5H3. The molecule has 1 aromatic rings. The van der Waals surface area contributed by atoms with Gasteiger partial charge in [0.15, 0.2) is 5.13 Å². The van der Waals surface area contributed by atoms with Crippen molar-refractivity contribution >= 4 is 28.2 Å². The highest BCUT2D eigenvalue weighted by molar-refractivity contribution is 7.18. The van der Waals surface area contributed by atoms with E-state index in [0.717, 1.165) is 11.7 Å². The molecule has 0 aliphatic carbocycles. The van der Waals surface area contributed by atoms with Gasteiger partial charge < -0.3 is 15.5 Å². The second-order valence-corrected chi connectivity index (χ2v) is 7.10. The predicted molar refractivity (Wildman–Crippen MR) is 84.3 cm³/mol. The lowest BCUT2D eigenvalue weighted by molar-refractivity contribution is 0.0461. The second kappa shape index (κ2) is 5.60. The molecule has 6 heteroatoms. The fourth-order valence-electron chi connectivity index (χ4n) is 2.78. The molecule has 2 N–H and O–H groups in total. The Kier molecular flexibility index (Phi) is 4.22. The molecule has 0 radical (unpaired) electrons. The lowest BCUT2D eigenvalue weighted by Crippen LogP contribution is -2.48. The third-order valence-corrected chi connectivity index (χ3v) is 5.30. The Labute approximate surface area is 124 Å². The number of thiazole rings is 1. The summed E-state index contributed by atoms with van der Waals surface area (Å²) in [6.45, 7) is 7.34. The molecule has 1 fully saturated rings.